The van der Waals surface area contributed by atoms with E-state index in [9.17, 15) is 9.59 Å². The van der Waals surface area contributed by atoms with Crippen molar-refractivity contribution in [2.75, 3.05) is 39.3 Å². The van der Waals surface area contributed by atoms with Gasteiger partial charge in [-0.25, -0.2) is 0 Å². The van der Waals surface area contributed by atoms with E-state index >= 15 is 0 Å². The van der Waals surface area contributed by atoms with Gasteiger partial charge in [0.05, 0.1) is 5.56 Å². The number of carbonyl (C=O) groups is 2. The SMILES string of the molecule is O=C(NCCN1CCN(C(=O)C2CCCC2)CC1)c1ccccc1Oc1ccccc1. The number of piperazine rings is 1. The molecule has 2 amide bonds. The van der Waals surface area contributed by atoms with Gasteiger partial charge < -0.3 is 15.0 Å². The number of ether oxygens (including phenoxy) is 1. The average Bonchev–Trinajstić information content (AvgIpc) is 3.35. The lowest BCUT2D eigenvalue weighted by Crippen LogP contribution is -2.51. The van der Waals surface area contributed by atoms with Gasteiger partial charge in [-0.2, -0.15) is 0 Å². The minimum atomic E-state index is -0.137. The monoisotopic (exact) mass is 421 g/mol. The number of amides is 2. The van der Waals surface area contributed by atoms with Crippen molar-refractivity contribution in [1.82, 2.24) is 15.1 Å². The Bertz CT molecular complexity index is 873. The Kier molecular flexibility index (Phi) is 7.20. The summed E-state index contributed by atoms with van der Waals surface area (Å²) in [5.74, 6) is 1.71. The first-order valence-corrected chi connectivity index (χ1v) is 11.3. The molecule has 0 unspecified atom stereocenters. The van der Waals surface area contributed by atoms with Crippen molar-refractivity contribution in [3.63, 3.8) is 0 Å². The van der Waals surface area contributed by atoms with Crippen LogP contribution in [0.25, 0.3) is 0 Å². The smallest absolute Gasteiger partial charge is 0.255 e. The molecule has 2 aliphatic rings. The maximum absolute atomic E-state index is 12.7. The predicted molar refractivity (Wildman–Crippen MR) is 120 cm³/mol. The van der Waals surface area contributed by atoms with Crippen molar-refractivity contribution >= 4 is 11.8 Å². The van der Waals surface area contributed by atoms with Crippen molar-refractivity contribution < 1.29 is 14.3 Å². The second kappa shape index (κ2) is 10.4. The zero-order chi connectivity index (χ0) is 21.5. The number of benzene rings is 2. The molecule has 1 aliphatic heterocycles. The van der Waals surface area contributed by atoms with Crippen LogP contribution in [-0.4, -0.2) is 60.9 Å². The second-order valence-corrected chi connectivity index (χ2v) is 8.32. The summed E-state index contributed by atoms with van der Waals surface area (Å²) in [7, 11) is 0. The summed E-state index contributed by atoms with van der Waals surface area (Å²) in [5, 5.41) is 3.01. The molecular formula is C25H31N3O3. The van der Waals surface area contributed by atoms with E-state index in [1.807, 2.05) is 53.4 Å². The molecule has 2 aromatic rings. The molecule has 0 radical (unpaired) electrons. The zero-order valence-electron chi connectivity index (χ0n) is 18.0. The first-order chi connectivity index (χ1) is 15.2. The third-order valence-corrected chi connectivity index (χ3v) is 6.20. The van der Waals surface area contributed by atoms with Gasteiger partial charge in [-0.05, 0) is 37.1 Å². The average molecular weight is 422 g/mol. The minimum Gasteiger partial charge on any atom is -0.457 e. The van der Waals surface area contributed by atoms with Crippen LogP contribution in [0.1, 0.15) is 36.0 Å². The molecule has 164 valence electrons. The standard InChI is InChI=1S/C25H31N3O3/c29-24(22-12-6-7-13-23(22)31-21-10-2-1-3-11-21)26-14-15-27-16-18-28(19-17-27)25(30)20-8-4-5-9-20/h1-3,6-7,10-13,20H,4-5,8-9,14-19H2,(H,26,29). The summed E-state index contributed by atoms with van der Waals surface area (Å²) in [4.78, 5) is 29.6. The minimum absolute atomic E-state index is 0.137. The molecular weight excluding hydrogens is 390 g/mol. The van der Waals surface area contributed by atoms with E-state index in [-0.39, 0.29) is 11.8 Å². The molecule has 1 heterocycles. The van der Waals surface area contributed by atoms with E-state index in [1.54, 1.807) is 6.07 Å². The molecule has 31 heavy (non-hydrogen) atoms. The molecule has 0 bridgehead atoms. The molecule has 2 fully saturated rings. The molecule has 0 aromatic heterocycles. The first-order valence-electron chi connectivity index (χ1n) is 11.3. The molecule has 6 nitrogen and oxygen atoms in total. The lowest BCUT2D eigenvalue weighted by atomic mass is 10.1. The van der Waals surface area contributed by atoms with Crippen LogP contribution in [0.15, 0.2) is 54.6 Å². The van der Waals surface area contributed by atoms with E-state index in [0.717, 1.165) is 45.6 Å². The van der Waals surface area contributed by atoms with Gasteiger partial charge in [0.15, 0.2) is 0 Å². The maximum Gasteiger partial charge on any atom is 0.255 e. The van der Waals surface area contributed by atoms with Crippen LogP contribution in [0.3, 0.4) is 0 Å². The van der Waals surface area contributed by atoms with Crippen molar-refractivity contribution in [2.45, 2.75) is 25.7 Å². The van der Waals surface area contributed by atoms with Gasteiger partial charge in [0, 0.05) is 45.2 Å². The third-order valence-electron chi connectivity index (χ3n) is 6.20. The highest BCUT2D eigenvalue weighted by molar-refractivity contribution is 5.97. The van der Waals surface area contributed by atoms with Crippen molar-refractivity contribution in [2.24, 2.45) is 5.92 Å². The summed E-state index contributed by atoms with van der Waals surface area (Å²) >= 11 is 0. The maximum atomic E-state index is 12.7. The fraction of sp³-hybridized carbons (Fsp3) is 0.440. The van der Waals surface area contributed by atoms with Crippen LogP contribution in [0, 0.1) is 5.92 Å². The number of hydrogen-bond acceptors (Lipinski definition) is 4. The summed E-state index contributed by atoms with van der Waals surface area (Å²) in [6.45, 7) is 4.64. The quantitative estimate of drug-likeness (QED) is 0.743. The van der Waals surface area contributed by atoms with Crippen molar-refractivity contribution in [1.29, 1.82) is 0 Å². The van der Waals surface area contributed by atoms with Gasteiger partial charge in [-0.1, -0.05) is 43.2 Å². The van der Waals surface area contributed by atoms with E-state index in [4.69, 9.17) is 4.74 Å². The lowest BCUT2D eigenvalue weighted by molar-refractivity contribution is -0.137. The molecule has 0 spiro atoms. The van der Waals surface area contributed by atoms with E-state index in [2.05, 4.69) is 10.2 Å². The van der Waals surface area contributed by atoms with Gasteiger partial charge >= 0.3 is 0 Å². The van der Waals surface area contributed by atoms with Crippen LogP contribution in [0.2, 0.25) is 0 Å². The fourth-order valence-electron chi connectivity index (χ4n) is 4.40. The van der Waals surface area contributed by atoms with Gasteiger partial charge in [0.25, 0.3) is 5.91 Å². The Balaban J connectivity index is 1.23. The Morgan fingerprint density at radius 1 is 0.903 bits per heavy atom. The van der Waals surface area contributed by atoms with Gasteiger partial charge in [0.2, 0.25) is 5.91 Å². The highest BCUT2D eigenvalue weighted by Crippen LogP contribution is 2.27. The van der Waals surface area contributed by atoms with Crippen LogP contribution in [-0.2, 0) is 4.79 Å². The molecule has 1 saturated heterocycles. The predicted octanol–water partition coefficient (Wildman–Crippen LogP) is 3.54. The van der Waals surface area contributed by atoms with E-state index < -0.39 is 0 Å². The Morgan fingerprint density at radius 3 is 2.32 bits per heavy atom. The van der Waals surface area contributed by atoms with E-state index in [0.29, 0.717) is 29.5 Å². The molecule has 1 aliphatic carbocycles. The van der Waals surface area contributed by atoms with Crippen molar-refractivity contribution in [3.8, 4) is 11.5 Å². The summed E-state index contributed by atoms with van der Waals surface area (Å²) in [6.07, 6.45) is 4.49. The highest BCUT2D eigenvalue weighted by Gasteiger charge is 2.29. The topological polar surface area (TPSA) is 61.9 Å². The second-order valence-electron chi connectivity index (χ2n) is 8.32. The van der Waals surface area contributed by atoms with Crippen LogP contribution >= 0.6 is 0 Å². The summed E-state index contributed by atoms with van der Waals surface area (Å²) in [5.41, 5.74) is 0.526. The zero-order valence-corrected chi connectivity index (χ0v) is 18.0. The Hall–Kier alpha value is -2.86. The van der Waals surface area contributed by atoms with Crippen LogP contribution < -0.4 is 10.1 Å². The largest absolute Gasteiger partial charge is 0.457 e. The molecule has 2 aromatic carbocycles. The molecule has 0 atom stereocenters. The summed E-state index contributed by atoms with van der Waals surface area (Å²) in [6, 6.07) is 16.8. The number of rotatable bonds is 7. The lowest BCUT2D eigenvalue weighted by Gasteiger charge is -2.36. The van der Waals surface area contributed by atoms with Crippen LogP contribution in [0.5, 0.6) is 11.5 Å². The fourth-order valence-corrected chi connectivity index (χ4v) is 4.40. The van der Waals surface area contributed by atoms with E-state index in [1.165, 1.54) is 12.8 Å². The third kappa shape index (κ3) is 5.64. The number of hydrogen-bond donors (Lipinski definition) is 1. The number of nitrogens with zero attached hydrogens (tertiary/aromatic N) is 2. The molecule has 1 N–H and O–H groups in total. The number of carbonyl (C=O) groups excluding carboxylic acids is 2. The number of para-hydroxylation sites is 2. The summed E-state index contributed by atoms with van der Waals surface area (Å²) < 4.78 is 5.89. The first kappa shape index (κ1) is 21.4. The van der Waals surface area contributed by atoms with Gasteiger partial charge in [-0.3, -0.25) is 14.5 Å². The van der Waals surface area contributed by atoms with Gasteiger partial charge in [-0.15, -0.1) is 0 Å². The molecule has 6 heteroatoms. The van der Waals surface area contributed by atoms with Crippen molar-refractivity contribution in [3.05, 3.63) is 60.2 Å². The Morgan fingerprint density at radius 2 is 1.58 bits per heavy atom. The van der Waals surface area contributed by atoms with Crippen LogP contribution in [0.4, 0.5) is 0 Å². The molecule has 4 rings (SSSR count). The Labute approximate surface area is 184 Å². The normalized spacial score (nSPS) is 17.5. The highest BCUT2D eigenvalue weighted by atomic mass is 16.5. The number of nitrogens with one attached hydrogen (secondary N) is 1. The molecule has 1 saturated carbocycles. The van der Waals surface area contributed by atoms with Gasteiger partial charge in [0.1, 0.15) is 11.5 Å².